The first-order chi connectivity index (χ1) is 17.2. The summed E-state index contributed by atoms with van der Waals surface area (Å²) in [6.07, 6.45) is 3.81. The number of rotatable bonds is 11. The van der Waals surface area contributed by atoms with Gasteiger partial charge in [0.15, 0.2) is 14.1 Å². The lowest BCUT2D eigenvalue weighted by atomic mass is 9.72. The van der Waals surface area contributed by atoms with Gasteiger partial charge in [-0.25, -0.2) is 0 Å². The van der Waals surface area contributed by atoms with Gasteiger partial charge in [-0.15, -0.1) is 6.58 Å². The molecule has 38 heavy (non-hydrogen) atoms. The number of allylic oxidation sites excluding steroid dienone is 3. The van der Waals surface area contributed by atoms with Gasteiger partial charge in [0.2, 0.25) is 14.1 Å². The van der Waals surface area contributed by atoms with E-state index in [9.17, 15) is 0 Å². The van der Waals surface area contributed by atoms with E-state index in [4.69, 9.17) is 18.3 Å². The molecule has 2 aliphatic rings. The Bertz CT molecular complexity index is 898. The van der Waals surface area contributed by atoms with Crippen LogP contribution in [0.3, 0.4) is 0 Å². The molecule has 0 radical (unpaired) electrons. The molecular weight excluding hydrogens is 505 g/mol. The van der Waals surface area contributed by atoms with E-state index in [2.05, 4.69) is 102 Å². The summed E-state index contributed by atoms with van der Waals surface area (Å²) < 4.78 is 27.2. The number of hydrogen-bond acceptors (Lipinski definition) is 4. The molecule has 0 aromatic heterocycles. The molecule has 0 saturated heterocycles. The van der Waals surface area contributed by atoms with Crippen molar-refractivity contribution in [3.63, 3.8) is 0 Å². The quantitative estimate of drug-likeness (QED) is 0.185. The first-order valence-electron chi connectivity index (χ1n) is 14.9. The normalized spacial score (nSPS) is 24.7. The predicted octanol–water partition coefficient (Wildman–Crippen LogP) is 10.1. The van der Waals surface area contributed by atoms with E-state index < -0.39 is 22.4 Å². The van der Waals surface area contributed by atoms with Gasteiger partial charge in [-0.1, -0.05) is 75.3 Å². The lowest BCUT2D eigenvalue weighted by Crippen LogP contribution is -2.48. The number of hydrogen-bond donors (Lipinski definition) is 0. The third-order valence-corrected chi connectivity index (χ3v) is 20.2. The zero-order chi connectivity index (χ0) is 29.5. The van der Waals surface area contributed by atoms with E-state index >= 15 is 0 Å². The molecule has 1 aliphatic carbocycles. The van der Waals surface area contributed by atoms with Crippen LogP contribution in [0.25, 0.3) is 0 Å². The van der Waals surface area contributed by atoms with Gasteiger partial charge in [-0.3, -0.25) is 0 Å². The van der Waals surface area contributed by atoms with Crippen molar-refractivity contribution in [2.75, 3.05) is 13.2 Å². The number of ether oxygens (including phenoxy) is 2. The minimum Gasteiger partial charge on any atom is -0.543 e. The van der Waals surface area contributed by atoms with Crippen LogP contribution in [0.5, 0.6) is 0 Å². The molecule has 0 unspecified atom stereocenters. The molecule has 0 aromatic rings. The van der Waals surface area contributed by atoms with E-state index in [1.165, 1.54) is 11.1 Å². The molecule has 2 rings (SSSR count). The molecule has 4 nitrogen and oxygen atoms in total. The Morgan fingerprint density at radius 3 is 2.00 bits per heavy atom. The third kappa shape index (κ3) is 6.23. The Kier molecular flexibility index (Phi) is 10.2. The summed E-state index contributed by atoms with van der Waals surface area (Å²) >= 11 is 0. The van der Waals surface area contributed by atoms with Gasteiger partial charge >= 0.3 is 0 Å². The van der Waals surface area contributed by atoms with E-state index in [1.807, 2.05) is 13.8 Å². The van der Waals surface area contributed by atoms with Crippen LogP contribution in [0.15, 0.2) is 35.3 Å². The number of fused-ring (bicyclic) bond motifs is 1. The van der Waals surface area contributed by atoms with Crippen molar-refractivity contribution in [1.82, 2.24) is 0 Å². The maximum absolute atomic E-state index is 7.21. The highest BCUT2D eigenvalue weighted by Gasteiger charge is 2.55. The summed E-state index contributed by atoms with van der Waals surface area (Å²) in [5.74, 6) is 1.40. The molecule has 0 bridgehead atoms. The van der Waals surface area contributed by atoms with Crippen LogP contribution in [0.4, 0.5) is 0 Å². The summed E-state index contributed by atoms with van der Waals surface area (Å²) in [6, 6.07) is 0. The standard InChI is InChI=1S/C32H60O4Si2/c1-17-19-32(14)26(18-20-34-38(22(2)3,23(4)5)24(6)7)27-25(8)21-33-31(12,13)35-28(27)29(32)36-37(15,16)30(9,10)11/h17,22-24,26H,1,18-21H2,2-16H3/t26-,32+/m1/s1. The fraction of sp³-hybridized carbons (Fsp3) is 0.812. The third-order valence-electron chi connectivity index (χ3n) is 9.73. The fourth-order valence-corrected chi connectivity index (χ4v) is 13.3. The Hall–Kier alpha value is -0.826. The molecule has 0 fully saturated rings. The van der Waals surface area contributed by atoms with Crippen molar-refractivity contribution in [2.24, 2.45) is 11.3 Å². The molecule has 0 aromatic carbocycles. The molecule has 2 atom stereocenters. The zero-order valence-corrected chi connectivity index (χ0v) is 29.6. The average molecular weight is 565 g/mol. The van der Waals surface area contributed by atoms with Gasteiger partial charge in [0.25, 0.3) is 0 Å². The van der Waals surface area contributed by atoms with Crippen molar-refractivity contribution >= 4 is 16.6 Å². The van der Waals surface area contributed by atoms with Gasteiger partial charge in [-0.05, 0) is 60.1 Å². The highest BCUT2D eigenvalue weighted by atomic mass is 28.4. The topological polar surface area (TPSA) is 36.9 Å². The van der Waals surface area contributed by atoms with E-state index in [1.54, 1.807) is 0 Å². The fourth-order valence-electron chi connectivity index (χ4n) is 6.67. The summed E-state index contributed by atoms with van der Waals surface area (Å²) in [7, 11) is -4.11. The monoisotopic (exact) mass is 564 g/mol. The van der Waals surface area contributed by atoms with Crippen LogP contribution in [-0.2, 0) is 18.3 Å². The van der Waals surface area contributed by atoms with Crippen LogP contribution in [0, 0.1) is 11.3 Å². The second kappa shape index (κ2) is 11.6. The molecule has 0 amide bonds. The Morgan fingerprint density at radius 1 is 1.03 bits per heavy atom. The smallest absolute Gasteiger partial charge is 0.250 e. The second-order valence-electron chi connectivity index (χ2n) is 14.9. The lowest BCUT2D eigenvalue weighted by Gasteiger charge is -2.44. The van der Waals surface area contributed by atoms with Gasteiger partial charge in [0, 0.05) is 37.4 Å². The van der Waals surface area contributed by atoms with Crippen LogP contribution >= 0.6 is 0 Å². The first kappa shape index (κ1) is 33.4. The van der Waals surface area contributed by atoms with Crippen LogP contribution in [-0.4, -0.2) is 35.6 Å². The van der Waals surface area contributed by atoms with Crippen molar-refractivity contribution < 1.29 is 18.3 Å². The molecule has 6 heteroatoms. The largest absolute Gasteiger partial charge is 0.543 e. The maximum atomic E-state index is 7.21. The zero-order valence-electron chi connectivity index (χ0n) is 27.6. The Balaban J connectivity index is 2.63. The van der Waals surface area contributed by atoms with Gasteiger partial charge in [0.05, 0.1) is 6.61 Å². The van der Waals surface area contributed by atoms with Crippen molar-refractivity contribution in [3.05, 3.63) is 35.3 Å². The molecule has 0 saturated carbocycles. The Morgan fingerprint density at radius 2 is 1.55 bits per heavy atom. The first-order valence-corrected chi connectivity index (χ1v) is 19.9. The van der Waals surface area contributed by atoms with Crippen LogP contribution in [0.2, 0.25) is 34.8 Å². The minimum atomic E-state index is -2.14. The Labute approximate surface area is 237 Å². The van der Waals surface area contributed by atoms with Crippen LogP contribution < -0.4 is 0 Å². The summed E-state index contributed by atoms with van der Waals surface area (Å²) in [4.78, 5) is 0. The molecule has 1 aliphatic heterocycles. The highest BCUT2D eigenvalue weighted by Crippen LogP contribution is 2.59. The van der Waals surface area contributed by atoms with E-state index in [-0.39, 0.29) is 16.4 Å². The van der Waals surface area contributed by atoms with Crippen LogP contribution in [0.1, 0.15) is 103 Å². The van der Waals surface area contributed by atoms with Crippen molar-refractivity contribution in [3.8, 4) is 0 Å². The summed E-state index contributed by atoms with van der Waals surface area (Å²) in [5, 5.41) is 0.0729. The van der Waals surface area contributed by atoms with Gasteiger partial charge in [0.1, 0.15) is 5.76 Å². The average Bonchev–Trinajstić information content (AvgIpc) is 2.86. The minimum absolute atomic E-state index is 0.0729. The van der Waals surface area contributed by atoms with Crippen molar-refractivity contribution in [2.45, 2.75) is 143 Å². The molecule has 220 valence electrons. The molecular formula is C32H60O4Si2. The second-order valence-corrected chi connectivity index (χ2v) is 25.1. The van der Waals surface area contributed by atoms with Gasteiger partial charge in [-0.2, -0.15) is 0 Å². The van der Waals surface area contributed by atoms with E-state index in [0.29, 0.717) is 23.2 Å². The van der Waals surface area contributed by atoms with Crippen molar-refractivity contribution in [1.29, 1.82) is 0 Å². The molecule has 0 N–H and O–H groups in total. The predicted molar refractivity (Wildman–Crippen MR) is 167 cm³/mol. The highest BCUT2D eigenvalue weighted by molar-refractivity contribution is 6.77. The summed E-state index contributed by atoms with van der Waals surface area (Å²) in [5.41, 5.74) is 3.94. The SMILES string of the molecule is C=CC[C@]1(C)C(O[Si](C)(C)C(C)(C)C)=C2OC(C)(C)OCC(C)=C2[C@H]1CCO[Si](C(C)C)(C(C)C)C(C)C. The summed E-state index contributed by atoms with van der Waals surface area (Å²) in [6.45, 7) is 39.8. The van der Waals surface area contributed by atoms with Gasteiger partial charge < -0.3 is 18.3 Å². The molecule has 0 spiro atoms. The lowest BCUT2D eigenvalue weighted by molar-refractivity contribution is -0.179. The maximum Gasteiger partial charge on any atom is 0.250 e. The molecule has 1 heterocycles. The van der Waals surface area contributed by atoms with E-state index in [0.717, 1.165) is 31.0 Å².